The van der Waals surface area contributed by atoms with Crippen LogP contribution in [0.5, 0.6) is 0 Å². The lowest BCUT2D eigenvalue weighted by Gasteiger charge is -2.21. The van der Waals surface area contributed by atoms with Gasteiger partial charge in [-0.3, -0.25) is 4.79 Å². The Balaban J connectivity index is 1.65. The second-order valence-electron chi connectivity index (χ2n) is 6.66. The Labute approximate surface area is 170 Å². The molecule has 1 heterocycles. The number of halogens is 3. The first-order chi connectivity index (χ1) is 14.4. The molecule has 0 aliphatic rings. The van der Waals surface area contributed by atoms with Gasteiger partial charge in [-0.1, -0.05) is 42.5 Å². The number of carbonyl (C=O) groups is 1. The Morgan fingerprint density at radius 1 is 0.933 bits per heavy atom. The third-order valence-electron chi connectivity index (χ3n) is 4.73. The van der Waals surface area contributed by atoms with Gasteiger partial charge in [0.25, 0.3) is 0 Å². The summed E-state index contributed by atoms with van der Waals surface area (Å²) in [5.41, 5.74) is 3.79. The van der Waals surface area contributed by atoms with E-state index in [1.54, 1.807) is 0 Å². The number of benzene rings is 3. The number of fused-ring (bicyclic) bond motifs is 1. The third-order valence-corrected chi connectivity index (χ3v) is 4.73. The molecule has 4 rings (SSSR count). The largest absolute Gasteiger partial charge is 0.471 e. The zero-order valence-electron chi connectivity index (χ0n) is 16.0. The van der Waals surface area contributed by atoms with Crippen LogP contribution in [0.1, 0.15) is 6.92 Å². The van der Waals surface area contributed by atoms with Gasteiger partial charge in [-0.15, -0.1) is 0 Å². The number of alkyl halides is 3. The van der Waals surface area contributed by atoms with Crippen molar-refractivity contribution in [2.75, 3.05) is 11.4 Å². The number of hydrogen-bond donors (Lipinski definition) is 0. The minimum absolute atomic E-state index is 0.116. The van der Waals surface area contributed by atoms with Crippen LogP contribution in [0.4, 0.5) is 18.9 Å². The third kappa shape index (κ3) is 3.78. The van der Waals surface area contributed by atoms with Crippen molar-refractivity contribution in [2.24, 2.45) is 0 Å². The fourth-order valence-corrected chi connectivity index (χ4v) is 3.24. The highest BCUT2D eigenvalue weighted by atomic mass is 19.4. The van der Waals surface area contributed by atoms with Crippen molar-refractivity contribution >= 4 is 22.7 Å². The second-order valence-corrected chi connectivity index (χ2v) is 6.66. The van der Waals surface area contributed by atoms with E-state index in [1.807, 2.05) is 54.6 Å². The zero-order valence-corrected chi connectivity index (χ0v) is 16.0. The number of hydrogen-bond acceptors (Lipinski definition) is 3. The molecule has 4 aromatic rings. The van der Waals surface area contributed by atoms with Crippen molar-refractivity contribution in [3.8, 4) is 22.6 Å². The molecule has 0 bridgehead atoms. The van der Waals surface area contributed by atoms with Gasteiger partial charge < -0.3 is 9.32 Å². The summed E-state index contributed by atoms with van der Waals surface area (Å²) in [6, 6.07) is 21.9. The molecule has 0 unspecified atom stereocenters. The fraction of sp³-hybridized carbons (Fsp3) is 0.130. The van der Waals surface area contributed by atoms with E-state index in [9.17, 15) is 18.0 Å². The Bertz CT molecular complexity index is 1180. The Kier molecular flexibility index (Phi) is 5.03. The maximum atomic E-state index is 12.8. The lowest BCUT2D eigenvalue weighted by Crippen LogP contribution is -2.41. The number of aromatic nitrogens is 1. The maximum Gasteiger partial charge on any atom is 0.471 e. The van der Waals surface area contributed by atoms with Crippen molar-refractivity contribution < 1.29 is 22.4 Å². The summed E-state index contributed by atoms with van der Waals surface area (Å²) in [6.07, 6.45) is -4.94. The molecule has 0 saturated heterocycles. The molecule has 0 spiro atoms. The van der Waals surface area contributed by atoms with Crippen molar-refractivity contribution in [1.82, 2.24) is 4.98 Å². The van der Waals surface area contributed by atoms with E-state index in [0.717, 1.165) is 16.7 Å². The molecule has 30 heavy (non-hydrogen) atoms. The van der Waals surface area contributed by atoms with Gasteiger partial charge in [-0.2, -0.15) is 13.2 Å². The summed E-state index contributed by atoms with van der Waals surface area (Å²) in [5.74, 6) is -1.56. The van der Waals surface area contributed by atoms with Gasteiger partial charge in [0.2, 0.25) is 5.89 Å². The summed E-state index contributed by atoms with van der Waals surface area (Å²) in [6.45, 7) is 1.37. The first-order valence-electron chi connectivity index (χ1n) is 9.32. The summed E-state index contributed by atoms with van der Waals surface area (Å²) >= 11 is 0. The number of anilines is 1. The zero-order chi connectivity index (χ0) is 21.3. The molecule has 1 aromatic heterocycles. The van der Waals surface area contributed by atoms with Gasteiger partial charge in [0, 0.05) is 17.8 Å². The van der Waals surface area contributed by atoms with Gasteiger partial charge in [0.15, 0.2) is 5.58 Å². The number of carbonyl (C=O) groups excluding carboxylic acids is 1. The quantitative estimate of drug-likeness (QED) is 0.410. The maximum absolute atomic E-state index is 12.8. The highest BCUT2D eigenvalue weighted by Gasteiger charge is 2.42. The number of oxazole rings is 1. The molecule has 152 valence electrons. The Hall–Kier alpha value is -3.61. The van der Waals surface area contributed by atoms with Crippen molar-refractivity contribution in [3.05, 3.63) is 72.8 Å². The Morgan fingerprint density at radius 2 is 1.57 bits per heavy atom. The number of amides is 1. The van der Waals surface area contributed by atoms with Crippen LogP contribution in [0.25, 0.3) is 33.7 Å². The molecule has 0 fully saturated rings. The highest BCUT2D eigenvalue weighted by molar-refractivity contribution is 5.98. The molecule has 0 saturated carbocycles. The van der Waals surface area contributed by atoms with E-state index in [1.165, 1.54) is 25.1 Å². The summed E-state index contributed by atoms with van der Waals surface area (Å²) in [4.78, 5) is 16.7. The van der Waals surface area contributed by atoms with Gasteiger partial charge in [0.05, 0.1) is 0 Å². The SMILES string of the molecule is CCN(C(=O)C(F)(F)F)c1ccc2oc(-c3ccc(-c4ccccc4)cc3)nc2c1. The van der Waals surface area contributed by atoms with Gasteiger partial charge in [-0.25, -0.2) is 4.98 Å². The molecule has 1 amide bonds. The fourth-order valence-electron chi connectivity index (χ4n) is 3.24. The first-order valence-corrected chi connectivity index (χ1v) is 9.32. The van der Waals surface area contributed by atoms with Crippen LogP contribution in [-0.2, 0) is 4.79 Å². The van der Waals surface area contributed by atoms with E-state index in [4.69, 9.17) is 4.42 Å². The van der Waals surface area contributed by atoms with E-state index < -0.39 is 12.1 Å². The lowest BCUT2D eigenvalue weighted by molar-refractivity contribution is -0.170. The standard InChI is InChI=1S/C23H17F3N2O2/c1-2-28(22(29)23(24,25)26)18-12-13-20-19(14-18)27-21(30-20)17-10-8-16(9-11-17)15-6-4-3-5-7-15/h3-14H,2H2,1H3. The number of nitrogens with zero attached hydrogens (tertiary/aromatic N) is 2. The minimum Gasteiger partial charge on any atom is -0.436 e. The van der Waals surface area contributed by atoms with Crippen LogP contribution in [0.2, 0.25) is 0 Å². The van der Waals surface area contributed by atoms with E-state index >= 15 is 0 Å². The summed E-state index contributed by atoms with van der Waals surface area (Å²) < 4.78 is 44.3. The van der Waals surface area contributed by atoms with E-state index in [-0.39, 0.29) is 12.2 Å². The summed E-state index contributed by atoms with van der Waals surface area (Å²) in [5, 5.41) is 0. The average Bonchev–Trinajstić information content (AvgIpc) is 3.18. The van der Waals surface area contributed by atoms with Crippen LogP contribution in [-0.4, -0.2) is 23.6 Å². The monoisotopic (exact) mass is 410 g/mol. The average molecular weight is 410 g/mol. The molecule has 0 N–H and O–H groups in total. The van der Waals surface area contributed by atoms with Crippen molar-refractivity contribution in [2.45, 2.75) is 13.1 Å². The van der Waals surface area contributed by atoms with Crippen molar-refractivity contribution in [3.63, 3.8) is 0 Å². The predicted molar refractivity (Wildman–Crippen MR) is 109 cm³/mol. The summed E-state index contributed by atoms with van der Waals surface area (Å²) in [7, 11) is 0. The first kappa shape index (κ1) is 19.7. The van der Waals surface area contributed by atoms with Crippen LogP contribution < -0.4 is 4.90 Å². The topological polar surface area (TPSA) is 46.3 Å². The van der Waals surface area contributed by atoms with Crippen LogP contribution in [0, 0.1) is 0 Å². The number of rotatable bonds is 4. The normalized spacial score (nSPS) is 11.6. The lowest BCUT2D eigenvalue weighted by atomic mass is 10.0. The van der Waals surface area contributed by atoms with Crippen molar-refractivity contribution in [1.29, 1.82) is 0 Å². The second kappa shape index (κ2) is 7.67. The van der Waals surface area contributed by atoms with Crippen LogP contribution in [0.3, 0.4) is 0 Å². The minimum atomic E-state index is -4.94. The van der Waals surface area contributed by atoms with E-state index in [0.29, 0.717) is 21.9 Å². The van der Waals surface area contributed by atoms with Gasteiger partial charge in [0.1, 0.15) is 5.52 Å². The van der Waals surface area contributed by atoms with Gasteiger partial charge in [-0.05, 0) is 48.4 Å². The van der Waals surface area contributed by atoms with Crippen LogP contribution in [0.15, 0.2) is 77.2 Å². The molecular weight excluding hydrogens is 393 g/mol. The molecule has 3 aromatic carbocycles. The predicted octanol–water partition coefficient (Wildman–Crippen LogP) is 6.08. The smallest absolute Gasteiger partial charge is 0.436 e. The molecule has 0 radical (unpaired) electrons. The molecular formula is C23H17F3N2O2. The highest BCUT2D eigenvalue weighted by Crippen LogP contribution is 2.30. The van der Waals surface area contributed by atoms with Crippen LogP contribution >= 0.6 is 0 Å². The van der Waals surface area contributed by atoms with E-state index in [2.05, 4.69) is 4.98 Å². The molecule has 7 heteroatoms. The molecule has 0 atom stereocenters. The van der Waals surface area contributed by atoms with Gasteiger partial charge >= 0.3 is 12.1 Å². The molecule has 0 aliphatic heterocycles. The molecule has 0 aliphatic carbocycles. The Morgan fingerprint density at radius 3 is 2.20 bits per heavy atom. The molecule has 4 nitrogen and oxygen atoms in total.